The van der Waals surface area contributed by atoms with Crippen molar-refractivity contribution in [2.75, 3.05) is 52.8 Å². The van der Waals surface area contributed by atoms with Gasteiger partial charge in [0.25, 0.3) is 0 Å². The van der Waals surface area contributed by atoms with Gasteiger partial charge in [-0.25, -0.2) is 0 Å². The number of nitrogens with zero attached hydrogens (tertiary/aromatic N) is 2. The Balaban J connectivity index is 2.13. The number of nitrogens with one attached hydrogen (secondary N) is 1. The molecular formula is C12H21N3O2. The van der Waals surface area contributed by atoms with Crippen LogP contribution in [-0.4, -0.2) is 57.4 Å². The van der Waals surface area contributed by atoms with Crippen molar-refractivity contribution in [2.45, 2.75) is 0 Å². The van der Waals surface area contributed by atoms with E-state index in [2.05, 4.69) is 15.2 Å². The number of rotatable bonds is 8. The lowest BCUT2D eigenvalue weighted by Gasteiger charge is -2.10. The van der Waals surface area contributed by atoms with Gasteiger partial charge in [0.15, 0.2) is 0 Å². The van der Waals surface area contributed by atoms with Gasteiger partial charge in [0.2, 0.25) is 5.88 Å². The zero-order valence-corrected chi connectivity index (χ0v) is 10.8. The van der Waals surface area contributed by atoms with Gasteiger partial charge in [0.1, 0.15) is 5.82 Å². The van der Waals surface area contributed by atoms with Gasteiger partial charge < -0.3 is 19.7 Å². The third-order valence-corrected chi connectivity index (χ3v) is 2.17. The summed E-state index contributed by atoms with van der Waals surface area (Å²) in [6.07, 6.45) is 0. The normalized spacial score (nSPS) is 10.6. The fraction of sp³-hybridized carbons (Fsp3) is 0.583. The van der Waals surface area contributed by atoms with E-state index in [9.17, 15) is 0 Å². The molecule has 0 saturated carbocycles. The van der Waals surface area contributed by atoms with Crippen LogP contribution in [0.2, 0.25) is 0 Å². The number of hydrogen-bond acceptors (Lipinski definition) is 5. The van der Waals surface area contributed by atoms with Crippen LogP contribution in [0.5, 0.6) is 5.88 Å². The van der Waals surface area contributed by atoms with E-state index in [4.69, 9.17) is 9.47 Å². The van der Waals surface area contributed by atoms with E-state index in [1.54, 1.807) is 7.11 Å². The van der Waals surface area contributed by atoms with Crippen molar-refractivity contribution in [3.63, 3.8) is 0 Å². The summed E-state index contributed by atoms with van der Waals surface area (Å²) in [6, 6.07) is 5.63. The monoisotopic (exact) mass is 239 g/mol. The highest BCUT2D eigenvalue weighted by molar-refractivity contribution is 5.36. The third-order valence-electron chi connectivity index (χ3n) is 2.17. The summed E-state index contributed by atoms with van der Waals surface area (Å²) in [7, 11) is 5.67. The standard InChI is InChI=1S/C12H21N3O2/c1-15(2)8-10-17-9-7-13-11-5-4-6-12(14-11)16-3/h4-6H,7-10H2,1-3H3,(H,13,14). The molecule has 0 radical (unpaired) electrons. The van der Waals surface area contributed by atoms with E-state index in [0.29, 0.717) is 12.5 Å². The zero-order chi connectivity index (χ0) is 12.5. The van der Waals surface area contributed by atoms with Gasteiger partial charge in [-0.2, -0.15) is 4.98 Å². The molecular weight excluding hydrogens is 218 g/mol. The highest BCUT2D eigenvalue weighted by Crippen LogP contribution is 2.09. The summed E-state index contributed by atoms with van der Waals surface area (Å²) < 4.78 is 10.5. The second-order valence-electron chi connectivity index (χ2n) is 3.91. The Kier molecular flexibility index (Phi) is 6.35. The number of hydrogen-bond donors (Lipinski definition) is 1. The molecule has 0 bridgehead atoms. The Morgan fingerprint density at radius 3 is 2.82 bits per heavy atom. The maximum Gasteiger partial charge on any atom is 0.214 e. The van der Waals surface area contributed by atoms with Gasteiger partial charge in [-0.1, -0.05) is 6.07 Å². The van der Waals surface area contributed by atoms with Gasteiger partial charge in [-0.3, -0.25) is 0 Å². The van der Waals surface area contributed by atoms with Crippen molar-refractivity contribution in [2.24, 2.45) is 0 Å². The van der Waals surface area contributed by atoms with Gasteiger partial charge in [0.05, 0.1) is 20.3 Å². The summed E-state index contributed by atoms with van der Waals surface area (Å²) in [4.78, 5) is 6.33. The minimum absolute atomic E-state index is 0.614. The summed E-state index contributed by atoms with van der Waals surface area (Å²) >= 11 is 0. The lowest BCUT2D eigenvalue weighted by atomic mass is 10.4. The summed E-state index contributed by atoms with van der Waals surface area (Å²) in [5.74, 6) is 1.42. The molecule has 0 fully saturated rings. The van der Waals surface area contributed by atoms with E-state index in [-0.39, 0.29) is 0 Å². The minimum atomic E-state index is 0.614. The van der Waals surface area contributed by atoms with Gasteiger partial charge in [0, 0.05) is 19.2 Å². The van der Waals surface area contributed by atoms with Crippen molar-refractivity contribution in [1.82, 2.24) is 9.88 Å². The molecule has 0 aliphatic carbocycles. The molecule has 5 nitrogen and oxygen atoms in total. The van der Waals surface area contributed by atoms with E-state index in [1.807, 2.05) is 32.3 Å². The van der Waals surface area contributed by atoms with Crippen LogP contribution in [0.25, 0.3) is 0 Å². The number of ether oxygens (including phenoxy) is 2. The second-order valence-corrected chi connectivity index (χ2v) is 3.91. The average molecular weight is 239 g/mol. The predicted molar refractivity (Wildman–Crippen MR) is 68.7 cm³/mol. The molecule has 0 aliphatic heterocycles. The molecule has 17 heavy (non-hydrogen) atoms. The fourth-order valence-electron chi connectivity index (χ4n) is 1.23. The molecule has 1 aromatic rings. The molecule has 0 spiro atoms. The second kappa shape index (κ2) is 7.86. The summed E-state index contributed by atoms with van der Waals surface area (Å²) in [5.41, 5.74) is 0. The quantitative estimate of drug-likeness (QED) is 0.688. The summed E-state index contributed by atoms with van der Waals surface area (Å²) in [6.45, 7) is 3.11. The molecule has 1 rings (SSSR count). The van der Waals surface area contributed by atoms with Crippen molar-refractivity contribution in [1.29, 1.82) is 0 Å². The van der Waals surface area contributed by atoms with Gasteiger partial charge in [-0.15, -0.1) is 0 Å². The van der Waals surface area contributed by atoms with Crippen LogP contribution in [-0.2, 0) is 4.74 Å². The lowest BCUT2D eigenvalue weighted by molar-refractivity contribution is 0.126. The minimum Gasteiger partial charge on any atom is -0.481 e. The average Bonchev–Trinajstić information content (AvgIpc) is 2.33. The molecule has 96 valence electrons. The van der Waals surface area contributed by atoms with Crippen LogP contribution >= 0.6 is 0 Å². The van der Waals surface area contributed by atoms with Crippen LogP contribution < -0.4 is 10.1 Å². The largest absolute Gasteiger partial charge is 0.481 e. The Labute approximate surface area is 103 Å². The van der Waals surface area contributed by atoms with Crippen LogP contribution in [0, 0.1) is 0 Å². The molecule has 0 aromatic carbocycles. The van der Waals surface area contributed by atoms with Crippen LogP contribution in [0.15, 0.2) is 18.2 Å². The lowest BCUT2D eigenvalue weighted by Crippen LogP contribution is -2.20. The van der Waals surface area contributed by atoms with Crippen molar-refractivity contribution >= 4 is 5.82 Å². The third kappa shape index (κ3) is 6.09. The molecule has 1 heterocycles. The molecule has 0 amide bonds. The Morgan fingerprint density at radius 2 is 2.12 bits per heavy atom. The smallest absolute Gasteiger partial charge is 0.214 e. The van der Waals surface area contributed by atoms with Gasteiger partial charge >= 0.3 is 0 Å². The van der Waals surface area contributed by atoms with Crippen LogP contribution in [0.4, 0.5) is 5.82 Å². The molecule has 0 saturated heterocycles. The first-order valence-electron chi connectivity index (χ1n) is 5.70. The highest BCUT2D eigenvalue weighted by atomic mass is 16.5. The molecule has 1 N–H and O–H groups in total. The van der Waals surface area contributed by atoms with E-state index < -0.39 is 0 Å². The first-order valence-corrected chi connectivity index (χ1v) is 5.70. The molecule has 0 aliphatic rings. The maximum atomic E-state index is 5.46. The molecule has 1 aromatic heterocycles. The molecule has 0 atom stereocenters. The predicted octanol–water partition coefficient (Wildman–Crippen LogP) is 1.08. The first kappa shape index (κ1) is 13.7. The van der Waals surface area contributed by atoms with Crippen molar-refractivity contribution in [3.8, 4) is 5.88 Å². The Bertz CT molecular complexity index is 318. The van der Waals surface area contributed by atoms with E-state index in [1.165, 1.54) is 0 Å². The number of anilines is 1. The zero-order valence-electron chi connectivity index (χ0n) is 10.8. The maximum absolute atomic E-state index is 5.46. The summed E-state index contributed by atoms with van der Waals surface area (Å²) in [5, 5.41) is 3.18. The van der Waals surface area contributed by atoms with E-state index >= 15 is 0 Å². The van der Waals surface area contributed by atoms with Gasteiger partial charge in [-0.05, 0) is 20.2 Å². The number of likely N-dealkylation sites (N-methyl/N-ethyl adjacent to an activating group) is 1. The fourth-order valence-corrected chi connectivity index (χ4v) is 1.23. The van der Waals surface area contributed by atoms with Crippen LogP contribution in [0.3, 0.4) is 0 Å². The Morgan fingerprint density at radius 1 is 1.29 bits per heavy atom. The number of methoxy groups -OCH3 is 1. The number of pyridine rings is 1. The first-order chi connectivity index (χ1) is 8.22. The van der Waals surface area contributed by atoms with Crippen molar-refractivity contribution < 1.29 is 9.47 Å². The molecule has 5 heteroatoms. The van der Waals surface area contributed by atoms with Crippen molar-refractivity contribution in [3.05, 3.63) is 18.2 Å². The van der Waals surface area contributed by atoms with E-state index in [0.717, 1.165) is 25.5 Å². The highest BCUT2D eigenvalue weighted by Gasteiger charge is 1.96. The van der Waals surface area contributed by atoms with Crippen LogP contribution in [0.1, 0.15) is 0 Å². The molecule has 0 unspecified atom stereocenters. The SMILES string of the molecule is COc1cccc(NCCOCCN(C)C)n1. The topological polar surface area (TPSA) is 46.6 Å². The number of aromatic nitrogens is 1. The Hall–Kier alpha value is -1.33.